The van der Waals surface area contributed by atoms with Gasteiger partial charge < -0.3 is 14.4 Å². The number of aliphatic carboxylic acids is 1. The molecule has 0 fully saturated rings. The van der Waals surface area contributed by atoms with E-state index < -0.39 is 5.97 Å². The van der Waals surface area contributed by atoms with E-state index in [-0.39, 0.29) is 6.61 Å². The molecule has 0 amide bonds. The topological polar surface area (TPSA) is 64.4 Å². The van der Waals surface area contributed by atoms with Crippen LogP contribution >= 0.6 is 23.2 Å². The van der Waals surface area contributed by atoms with Gasteiger partial charge >= 0.3 is 5.97 Å². The van der Waals surface area contributed by atoms with Crippen molar-refractivity contribution in [3.63, 3.8) is 0 Å². The minimum absolute atomic E-state index is 0.357. The predicted octanol–water partition coefficient (Wildman–Crippen LogP) is 6.69. The SMILES string of the molecule is Cn1cc(-c2ccc(Cl)cc2Cl)nc1/C=C/c1ccc(-c2ccc(OCC(=O)O)cc2)cc1. The highest BCUT2D eigenvalue weighted by atomic mass is 35.5. The van der Waals surface area contributed by atoms with E-state index in [0.717, 1.165) is 33.8 Å². The van der Waals surface area contributed by atoms with Gasteiger partial charge in [-0.25, -0.2) is 9.78 Å². The number of rotatable bonds is 7. The molecule has 1 heterocycles. The second-order valence-corrected chi connectivity index (χ2v) is 8.23. The van der Waals surface area contributed by atoms with Crippen LogP contribution in [-0.2, 0) is 11.8 Å². The first kappa shape index (κ1) is 22.6. The van der Waals surface area contributed by atoms with E-state index in [0.29, 0.717) is 15.8 Å². The molecule has 4 aromatic rings. The number of carboxylic acids is 1. The Morgan fingerprint density at radius 2 is 1.67 bits per heavy atom. The van der Waals surface area contributed by atoms with Crippen molar-refractivity contribution in [1.29, 1.82) is 0 Å². The lowest BCUT2D eigenvalue weighted by molar-refractivity contribution is -0.139. The third-order valence-corrected chi connectivity index (χ3v) is 5.55. The summed E-state index contributed by atoms with van der Waals surface area (Å²) in [4.78, 5) is 15.3. The number of nitrogens with zero attached hydrogens (tertiary/aromatic N) is 2. The smallest absolute Gasteiger partial charge is 0.341 e. The van der Waals surface area contributed by atoms with Crippen LogP contribution in [0.2, 0.25) is 10.0 Å². The number of hydrogen-bond acceptors (Lipinski definition) is 3. The second-order valence-electron chi connectivity index (χ2n) is 7.38. The van der Waals surface area contributed by atoms with Crippen LogP contribution < -0.4 is 4.74 Å². The Morgan fingerprint density at radius 1 is 1.00 bits per heavy atom. The van der Waals surface area contributed by atoms with Gasteiger partial charge in [0.25, 0.3) is 0 Å². The molecule has 0 unspecified atom stereocenters. The number of aromatic nitrogens is 2. The van der Waals surface area contributed by atoms with E-state index in [9.17, 15) is 4.79 Å². The van der Waals surface area contributed by atoms with Crippen LogP contribution in [-0.4, -0.2) is 27.2 Å². The summed E-state index contributed by atoms with van der Waals surface area (Å²) in [6.07, 6.45) is 5.89. The summed E-state index contributed by atoms with van der Waals surface area (Å²) in [7, 11) is 1.94. The first-order chi connectivity index (χ1) is 15.9. The van der Waals surface area contributed by atoms with Crippen molar-refractivity contribution < 1.29 is 14.6 Å². The second kappa shape index (κ2) is 9.94. The summed E-state index contributed by atoms with van der Waals surface area (Å²) < 4.78 is 7.12. The van der Waals surface area contributed by atoms with Gasteiger partial charge in [-0.2, -0.15) is 0 Å². The van der Waals surface area contributed by atoms with E-state index in [2.05, 4.69) is 4.98 Å². The number of hydrogen-bond donors (Lipinski definition) is 1. The van der Waals surface area contributed by atoms with Gasteiger partial charge in [-0.05, 0) is 53.1 Å². The van der Waals surface area contributed by atoms with Crippen molar-refractivity contribution in [3.05, 3.63) is 94.4 Å². The number of carboxylic acid groups (broad SMARTS) is 1. The average Bonchev–Trinajstić information content (AvgIpc) is 3.17. The van der Waals surface area contributed by atoms with Gasteiger partial charge in [0.05, 0.1) is 10.7 Å². The Balaban J connectivity index is 1.46. The third kappa shape index (κ3) is 5.64. The van der Waals surface area contributed by atoms with Gasteiger partial charge in [0, 0.05) is 23.8 Å². The zero-order valence-corrected chi connectivity index (χ0v) is 19.2. The zero-order chi connectivity index (χ0) is 23.4. The van der Waals surface area contributed by atoms with Crippen LogP contribution in [0.5, 0.6) is 5.75 Å². The molecule has 0 saturated carbocycles. The van der Waals surface area contributed by atoms with Gasteiger partial charge in [0.1, 0.15) is 11.6 Å². The zero-order valence-electron chi connectivity index (χ0n) is 17.7. The normalized spacial score (nSPS) is 11.1. The highest BCUT2D eigenvalue weighted by Crippen LogP contribution is 2.30. The molecule has 33 heavy (non-hydrogen) atoms. The fraction of sp³-hybridized carbons (Fsp3) is 0.0769. The number of carbonyl (C=O) groups is 1. The molecule has 1 N–H and O–H groups in total. The van der Waals surface area contributed by atoms with Crippen LogP contribution in [0.4, 0.5) is 0 Å². The van der Waals surface area contributed by atoms with Crippen LogP contribution in [0.1, 0.15) is 11.4 Å². The van der Waals surface area contributed by atoms with Gasteiger partial charge in [0.15, 0.2) is 6.61 Å². The quantitative estimate of drug-likeness (QED) is 0.321. The molecule has 0 spiro atoms. The molecule has 166 valence electrons. The molecule has 1 aromatic heterocycles. The van der Waals surface area contributed by atoms with E-state index in [4.69, 9.17) is 33.0 Å². The Morgan fingerprint density at radius 3 is 2.30 bits per heavy atom. The molecule has 0 atom stereocenters. The molecule has 0 radical (unpaired) electrons. The maximum atomic E-state index is 10.6. The number of halogens is 2. The fourth-order valence-electron chi connectivity index (χ4n) is 3.31. The molecule has 0 bridgehead atoms. The lowest BCUT2D eigenvalue weighted by Crippen LogP contribution is -2.09. The van der Waals surface area contributed by atoms with Crippen molar-refractivity contribution in [2.24, 2.45) is 7.05 Å². The molecular weight excluding hydrogens is 459 g/mol. The molecule has 5 nitrogen and oxygen atoms in total. The van der Waals surface area contributed by atoms with E-state index >= 15 is 0 Å². The summed E-state index contributed by atoms with van der Waals surface area (Å²) >= 11 is 12.3. The number of benzene rings is 3. The van der Waals surface area contributed by atoms with Gasteiger partial charge in [-0.15, -0.1) is 0 Å². The fourth-order valence-corrected chi connectivity index (χ4v) is 3.81. The van der Waals surface area contributed by atoms with Crippen molar-refractivity contribution in [2.45, 2.75) is 0 Å². The minimum atomic E-state index is -1.00. The molecule has 0 aliphatic heterocycles. The molecular formula is C26H20Cl2N2O3. The Hall–Kier alpha value is -3.54. The molecule has 4 rings (SSSR count). The molecule has 0 aliphatic rings. The summed E-state index contributed by atoms with van der Waals surface area (Å²) in [5.41, 5.74) is 4.72. The highest BCUT2D eigenvalue weighted by molar-refractivity contribution is 6.36. The van der Waals surface area contributed by atoms with Crippen molar-refractivity contribution >= 4 is 41.3 Å². The first-order valence-corrected chi connectivity index (χ1v) is 10.9. The molecule has 0 aliphatic carbocycles. The summed E-state index contributed by atoms with van der Waals surface area (Å²) in [6, 6.07) is 20.8. The molecule has 3 aromatic carbocycles. The maximum Gasteiger partial charge on any atom is 0.341 e. The van der Waals surface area contributed by atoms with E-state index in [1.54, 1.807) is 24.3 Å². The summed E-state index contributed by atoms with van der Waals surface area (Å²) in [5.74, 6) is 0.324. The van der Waals surface area contributed by atoms with Crippen LogP contribution in [0.15, 0.2) is 72.9 Å². The summed E-state index contributed by atoms with van der Waals surface area (Å²) in [6.45, 7) is -0.357. The van der Waals surface area contributed by atoms with Gasteiger partial charge in [0.2, 0.25) is 0 Å². The lowest BCUT2D eigenvalue weighted by Gasteiger charge is -2.06. The molecule has 7 heteroatoms. The van der Waals surface area contributed by atoms with Gasteiger partial charge in [-0.3, -0.25) is 0 Å². The number of ether oxygens (including phenoxy) is 1. The predicted molar refractivity (Wildman–Crippen MR) is 133 cm³/mol. The highest BCUT2D eigenvalue weighted by Gasteiger charge is 2.09. The minimum Gasteiger partial charge on any atom is -0.482 e. The summed E-state index contributed by atoms with van der Waals surface area (Å²) in [5, 5.41) is 9.84. The number of aryl methyl sites for hydroxylation is 1. The van der Waals surface area contributed by atoms with Crippen LogP contribution in [0, 0.1) is 0 Å². The first-order valence-electron chi connectivity index (χ1n) is 10.1. The lowest BCUT2D eigenvalue weighted by atomic mass is 10.0. The average molecular weight is 479 g/mol. The van der Waals surface area contributed by atoms with E-state index in [1.807, 2.05) is 72.4 Å². The Kier molecular flexibility index (Phi) is 6.82. The molecule has 0 saturated heterocycles. The monoisotopic (exact) mass is 478 g/mol. The van der Waals surface area contributed by atoms with Crippen molar-refractivity contribution in [3.8, 4) is 28.1 Å². The van der Waals surface area contributed by atoms with Crippen LogP contribution in [0.25, 0.3) is 34.5 Å². The number of imidazole rings is 1. The maximum absolute atomic E-state index is 10.6. The largest absolute Gasteiger partial charge is 0.482 e. The van der Waals surface area contributed by atoms with E-state index in [1.165, 1.54) is 0 Å². The Bertz CT molecular complexity index is 1310. The standard InChI is InChI=1S/C26H20Cl2N2O3/c1-30-15-24(22-12-9-20(27)14-23(22)28)29-25(30)13-4-17-2-5-18(6-3-17)19-7-10-21(11-8-19)33-16-26(31)32/h2-15H,16H2,1H3,(H,31,32)/b13-4+. The Labute approximate surface area is 201 Å². The van der Waals surface area contributed by atoms with Crippen LogP contribution in [0.3, 0.4) is 0 Å². The van der Waals surface area contributed by atoms with Crippen molar-refractivity contribution in [2.75, 3.05) is 6.61 Å². The van der Waals surface area contributed by atoms with Crippen molar-refractivity contribution in [1.82, 2.24) is 9.55 Å². The third-order valence-electron chi connectivity index (χ3n) is 5.00. The van der Waals surface area contributed by atoms with Gasteiger partial charge in [-0.1, -0.05) is 65.7 Å².